The van der Waals surface area contributed by atoms with Gasteiger partial charge in [0.2, 0.25) is 5.95 Å². The molecule has 6 nitrogen and oxygen atoms in total. The quantitative estimate of drug-likeness (QED) is 0.673. The Morgan fingerprint density at radius 3 is 2.57 bits per heavy atom. The van der Waals surface area contributed by atoms with Crippen molar-refractivity contribution in [3.8, 4) is 0 Å². The van der Waals surface area contributed by atoms with Crippen LogP contribution in [0.4, 0.5) is 26.2 Å². The van der Waals surface area contributed by atoms with Gasteiger partial charge in [-0.25, -0.2) is 13.8 Å². The van der Waals surface area contributed by atoms with Crippen LogP contribution in [-0.4, -0.2) is 27.0 Å². The minimum absolute atomic E-state index is 0.224. The fourth-order valence-corrected chi connectivity index (χ4v) is 2.22. The van der Waals surface area contributed by atoms with Crippen LogP contribution in [0.3, 0.4) is 0 Å². The van der Waals surface area contributed by atoms with Crippen molar-refractivity contribution in [2.75, 3.05) is 17.7 Å². The first kappa shape index (κ1) is 13.7. The third-order valence-electron chi connectivity index (χ3n) is 2.76. The molecule has 3 N–H and O–H groups in total. The van der Waals surface area contributed by atoms with E-state index in [1.54, 1.807) is 7.05 Å². The molecule has 3 aromatic rings. The van der Waals surface area contributed by atoms with Gasteiger partial charge < -0.3 is 15.6 Å². The molecule has 0 aliphatic rings. The number of aromatic nitrogens is 4. The van der Waals surface area contributed by atoms with Gasteiger partial charge in [0.05, 0.1) is 6.33 Å². The number of benzene rings is 1. The summed E-state index contributed by atoms with van der Waals surface area (Å²) < 4.78 is 28.1. The lowest BCUT2D eigenvalue weighted by Gasteiger charge is -2.10. The number of rotatable bonds is 3. The van der Waals surface area contributed by atoms with Gasteiger partial charge in [-0.2, -0.15) is 9.97 Å². The van der Waals surface area contributed by atoms with E-state index in [0.717, 1.165) is 12.1 Å². The molecule has 21 heavy (non-hydrogen) atoms. The number of H-pyrrole nitrogens is 1. The lowest BCUT2D eigenvalue weighted by atomic mass is 10.3. The molecule has 108 valence electrons. The molecule has 0 amide bonds. The van der Waals surface area contributed by atoms with E-state index in [1.165, 1.54) is 6.33 Å². The van der Waals surface area contributed by atoms with Crippen molar-refractivity contribution in [1.29, 1.82) is 0 Å². The number of imidazole rings is 1. The van der Waals surface area contributed by atoms with Crippen molar-refractivity contribution in [2.45, 2.75) is 0 Å². The first-order valence-corrected chi connectivity index (χ1v) is 6.68. The first-order valence-electron chi connectivity index (χ1n) is 5.89. The second-order valence-corrected chi connectivity index (χ2v) is 5.03. The van der Waals surface area contributed by atoms with Gasteiger partial charge in [0.15, 0.2) is 23.1 Å². The van der Waals surface area contributed by atoms with Crippen molar-refractivity contribution in [2.24, 2.45) is 0 Å². The van der Waals surface area contributed by atoms with E-state index in [0.29, 0.717) is 15.6 Å². The van der Waals surface area contributed by atoms with Crippen molar-refractivity contribution in [1.82, 2.24) is 19.9 Å². The van der Waals surface area contributed by atoms with Gasteiger partial charge in [0, 0.05) is 11.5 Å². The van der Waals surface area contributed by atoms with Crippen molar-refractivity contribution in [3.05, 3.63) is 34.6 Å². The van der Waals surface area contributed by atoms with Gasteiger partial charge in [-0.1, -0.05) is 15.9 Å². The van der Waals surface area contributed by atoms with Crippen LogP contribution in [0.5, 0.6) is 0 Å². The molecule has 0 aliphatic heterocycles. The standard InChI is InChI=1S/C12H9BrF2N6/c1-16-12-20-10-9(17-4-18-10)11(21-12)19-8-6(14)2-5(13)3-7(8)15/h2-4H,1H3,(H3,16,17,18,19,20,21). The molecule has 0 aliphatic carbocycles. The fraction of sp³-hybridized carbons (Fsp3) is 0.0833. The number of fused-ring (bicyclic) bond motifs is 1. The summed E-state index contributed by atoms with van der Waals surface area (Å²) in [5, 5.41) is 5.40. The molecular formula is C12H9BrF2N6. The van der Waals surface area contributed by atoms with Gasteiger partial charge in [-0.15, -0.1) is 0 Å². The predicted octanol–water partition coefficient (Wildman–Crippen LogP) is 3.18. The SMILES string of the molecule is CNc1nc(Nc2c(F)cc(Br)cc2F)c2[nH]cnc2n1. The molecular weight excluding hydrogens is 346 g/mol. The molecule has 0 unspecified atom stereocenters. The number of halogens is 3. The van der Waals surface area contributed by atoms with Gasteiger partial charge in [-0.3, -0.25) is 0 Å². The van der Waals surface area contributed by atoms with Crippen LogP contribution in [0.1, 0.15) is 0 Å². The molecule has 0 spiro atoms. The Kier molecular flexibility index (Phi) is 3.42. The first-order chi connectivity index (χ1) is 10.1. The van der Waals surface area contributed by atoms with Crippen LogP contribution < -0.4 is 10.6 Å². The maximum atomic E-state index is 13.9. The van der Waals surface area contributed by atoms with Crippen molar-refractivity contribution < 1.29 is 8.78 Å². The summed E-state index contributed by atoms with van der Waals surface area (Å²) in [6, 6.07) is 2.32. The number of aromatic amines is 1. The number of anilines is 3. The zero-order valence-electron chi connectivity index (χ0n) is 10.7. The molecule has 0 fully saturated rings. The molecule has 3 rings (SSSR count). The molecule has 0 bridgehead atoms. The number of nitrogens with zero attached hydrogens (tertiary/aromatic N) is 3. The summed E-state index contributed by atoms with van der Waals surface area (Å²) in [5.74, 6) is -0.963. The van der Waals surface area contributed by atoms with Crippen LogP contribution in [0, 0.1) is 11.6 Å². The molecule has 0 radical (unpaired) electrons. The van der Waals surface area contributed by atoms with Gasteiger partial charge in [0.1, 0.15) is 11.2 Å². The normalized spacial score (nSPS) is 10.9. The van der Waals surface area contributed by atoms with Gasteiger partial charge in [-0.05, 0) is 12.1 Å². The van der Waals surface area contributed by atoms with E-state index >= 15 is 0 Å². The summed E-state index contributed by atoms with van der Waals surface area (Å²) in [6.07, 6.45) is 1.43. The maximum absolute atomic E-state index is 13.9. The summed E-state index contributed by atoms with van der Waals surface area (Å²) in [5.41, 5.74) is 0.542. The second kappa shape index (κ2) is 5.24. The van der Waals surface area contributed by atoms with Crippen LogP contribution in [0.25, 0.3) is 11.2 Å². The Morgan fingerprint density at radius 2 is 1.90 bits per heavy atom. The molecule has 0 saturated heterocycles. The molecule has 9 heteroatoms. The van der Waals surface area contributed by atoms with Crippen molar-refractivity contribution in [3.63, 3.8) is 0 Å². The lowest BCUT2D eigenvalue weighted by Crippen LogP contribution is -2.04. The zero-order valence-corrected chi connectivity index (χ0v) is 12.3. The monoisotopic (exact) mass is 354 g/mol. The molecule has 0 atom stereocenters. The minimum Gasteiger partial charge on any atom is -0.357 e. The Hall–Kier alpha value is -2.29. The average Bonchev–Trinajstić information content (AvgIpc) is 2.90. The van der Waals surface area contributed by atoms with Crippen LogP contribution in [0.15, 0.2) is 22.9 Å². The van der Waals surface area contributed by atoms with E-state index in [-0.39, 0.29) is 17.5 Å². The van der Waals surface area contributed by atoms with Crippen molar-refractivity contribution >= 4 is 44.5 Å². The molecule has 1 aromatic carbocycles. The largest absolute Gasteiger partial charge is 0.357 e. The zero-order chi connectivity index (χ0) is 15.0. The number of hydrogen-bond acceptors (Lipinski definition) is 5. The highest BCUT2D eigenvalue weighted by Crippen LogP contribution is 2.28. The summed E-state index contributed by atoms with van der Waals surface area (Å²) in [6.45, 7) is 0. The molecule has 0 saturated carbocycles. The van der Waals surface area contributed by atoms with E-state index in [2.05, 4.69) is 46.5 Å². The Labute approximate surface area is 126 Å². The van der Waals surface area contributed by atoms with Gasteiger partial charge in [0.25, 0.3) is 0 Å². The van der Waals surface area contributed by atoms with E-state index in [4.69, 9.17) is 0 Å². The smallest absolute Gasteiger partial charge is 0.226 e. The number of nitrogens with one attached hydrogen (secondary N) is 3. The predicted molar refractivity (Wildman–Crippen MR) is 78.6 cm³/mol. The van der Waals surface area contributed by atoms with Crippen LogP contribution in [0.2, 0.25) is 0 Å². The fourth-order valence-electron chi connectivity index (χ4n) is 1.82. The summed E-state index contributed by atoms with van der Waals surface area (Å²) >= 11 is 3.03. The molecule has 2 aromatic heterocycles. The summed E-state index contributed by atoms with van der Waals surface area (Å²) in [7, 11) is 1.64. The van der Waals surface area contributed by atoms with Crippen LogP contribution >= 0.6 is 15.9 Å². The highest BCUT2D eigenvalue weighted by atomic mass is 79.9. The highest BCUT2D eigenvalue weighted by molar-refractivity contribution is 9.10. The van der Waals surface area contributed by atoms with E-state index < -0.39 is 11.6 Å². The second-order valence-electron chi connectivity index (χ2n) is 4.12. The number of hydrogen-bond donors (Lipinski definition) is 3. The maximum Gasteiger partial charge on any atom is 0.226 e. The summed E-state index contributed by atoms with van der Waals surface area (Å²) in [4.78, 5) is 15.1. The highest BCUT2D eigenvalue weighted by Gasteiger charge is 2.15. The molecule has 2 heterocycles. The van der Waals surface area contributed by atoms with E-state index in [9.17, 15) is 8.78 Å². The van der Waals surface area contributed by atoms with Gasteiger partial charge >= 0.3 is 0 Å². The Morgan fingerprint density at radius 1 is 1.19 bits per heavy atom. The average molecular weight is 355 g/mol. The Balaban J connectivity index is 2.11. The lowest BCUT2D eigenvalue weighted by molar-refractivity contribution is 0.589. The minimum atomic E-state index is -0.737. The third-order valence-corrected chi connectivity index (χ3v) is 3.22. The van der Waals surface area contributed by atoms with E-state index in [1.807, 2.05) is 0 Å². The topological polar surface area (TPSA) is 78.5 Å². The third kappa shape index (κ3) is 2.51. The van der Waals surface area contributed by atoms with Crippen LogP contribution in [-0.2, 0) is 0 Å². The Bertz CT molecular complexity index is 796.